The topological polar surface area (TPSA) is 12.0 Å². The number of rotatable bonds is 27. The lowest BCUT2D eigenvalue weighted by atomic mass is 10.0. The van der Waals surface area contributed by atoms with Crippen LogP contribution in [0.1, 0.15) is 174 Å². The molecule has 0 atom stereocenters. The number of halogens is 1. The first kappa shape index (κ1) is 33.4. The molecule has 31 heavy (non-hydrogen) atoms. The zero-order valence-corrected chi connectivity index (χ0v) is 22.8. The van der Waals surface area contributed by atoms with Gasteiger partial charge in [0.25, 0.3) is 0 Å². The Bertz CT molecular complexity index is 254. The van der Waals surface area contributed by atoms with E-state index < -0.39 is 0 Å². The van der Waals surface area contributed by atoms with Gasteiger partial charge >= 0.3 is 0 Å². The standard InChI is InChI=1S/C29H61N.ClH/c1-3-4-5-6-7-8-9-10-11-12-13-14-15-16-17-18-19-20-21-22-23-24-25-26-27-28-29-30-2;/h30H,3-29H2,1-2H3;1H. The van der Waals surface area contributed by atoms with Gasteiger partial charge < -0.3 is 5.32 Å². The summed E-state index contributed by atoms with van der Waals surface area (Å²) in [6.07, 6.45) is 38.2. The van der Waals surface area contributed by atoms with Gasteiger partial charge in [0.2, 0.25) is 0 Å². The molecule has 0 bridgehead atoms. The number of hydrogen-bond donors (Lipinski definition) is 1. The van der Waals surface area contributed by atoms with Gasteiger partial charge in [-0.25, -0.2) is 0 Å². The summed E-state index contributed by atoms with van der Waals surface area (Å²) in [6, 6.07) is 0. The van der Waals surface area contributed by atoms with Crippen LogP contribution in [0.5, 0.6) is 0 Å². The highest BCUT2D eigenvalue weighted by molar-refractivity contribution is 5.85. The highest BCUT2D eigenvalue weighted by atomic mass is 35.5. The van der Waals surface area contributed by atoms with Crippen molar-refractivity contribution in [3.05, 3.63) is 0 Å². The van der Waals surface area contributed by atoms with Crippen molar-refractivity contribution in [2.45, 2.75) is 174 Å². The summed E-state index contributed by atoms with van der Waals surface area (Å²) < 4.78 is 0. The van der Waals surface area contributed by atoms with E-state index in [-0.39, 0.29) is 12.4 Å². The van der Waals surface area contributed by atoms with Crippen LogP contribution in [0.3, 0.4) is 0 Å². The summed E-state index contributed by atoms with van der Waals surface area (Å²) >= 11 is 0. The minimum atomic E-state index is 0. The molecular weight excluding hydrogens is 398 g/mol. The molecule has 0 aromatic heterocycles. The normalized spacial score (nSPS) is 11.0. The van der Waals surface area contributed by atoms with Gasteiger partial charge in [-0.15, -0.1) is 12.4 Å². The molecule has 1 nitrogen and oxygen atoms in total. The van der Waals surface area contributed by atoms with Crippen molar-refractivity contribution >= 4 is 12.4 Å². The average molecular weight is 460 g/mol. The lowest BCUT2D eigenvalue weighted by Gasteiger charge is -2.04. The Labute approximate surface area is 205 Å². The molecule has 0 saturated carbocycles. The molecule has 190 valence electrons. The van der Waals surface area contributed by atoms with Gasteiger partial charge in [0.05, 0.1) is 0 Å². The van der Waals surface area contributed by atoms with E-state index in [4.69, 9.17) is 0 Å². The van der Waals surface area contributed by atoms with Gasteiger partial charge in [-0.1, -0.05) is 167 Å². The Morgan fingerprint density at radius 1 is 0.323 bits per heavy atom. The van der Waals surface area contributed by atoms with E-state index in [0.717, 1.165) is 0 Å². The first-order chi connectivity index (χ1) is 14.9. The number of nitrogens with one attached hydrogen (secondary N) is 1. The van der Waals surface area contributed by atoms with Crippen molar-refractivity contribution < 1.29 is 0 Å². The molecule has 0 saturated heterocycles. The Kier molecular flexibility index (Phi) is 35.0. The maximum absolute atomic E-state index is 3.24. The van der Waals surface area contributed by atoms with E-state index >= 15 is 0 Å². The summed E-state index contributed by atoms with van der Waals surface area (Å²) in [4.78, 5) is 0. The van der Waals surface area contributed by atoms with Gasteiger partial charge in [0, 0.05) is 0 Å². The molecule has 1 N–H and O–H groups in total. The van der Waals surface area contributed by atoms with Crippen LogP contribution in [-0.2, 0) is 0 Å². The molecule has 0 unspecified atom stereocenters. The summed E-state index contributed by atoms with van der Waals surface area (Å²) in [7, 11) is 2.06. The smallest absolute Gasteiger partial charge is 0.00519 e. The van der Waals surface area contributed by atoms with Crippen molar-refractivity contribution in [2.24, 2.45) is 0 Å². The fourth-order valence-corrected chi connectivity index (χ4v) is 4.62. The lowest BCUT2D eigenvalue weighted by molar-refractivity contribution is 0.515. The van der Waals surface area contributed by atoms with Crippen LogP contribution in [0.25, 0.3) is 0 Å². The van der Waals surface area contributed by atoms with Crippen LogP contribution in [0.4, 0.5) is 0 Å². The second-order valence-electron chi connectivity index (χ2n) is 9.94. The van der Waals surface area contributed by atoms with E-state index in [1.165, 1.54) is 173 Å². The van der Waals surface area contributed by atoms with Gasteiger partial charge in [0.1, 0.15) is 0 Å². The quantitative estimate of drug-likeness (QED) is 0.120. The largest absolute Gasteiger partial charge is 0.320 e. The number of unbranched alkanes of at least 4 members (excludes halogenated alkanes) is 25. The van der Waals surface area contributed by atoms with E-state index in [1.807, 2.05) is 0 Å². The van der Waals surface area contributed by atoms with E-state index in [2.05, 4.69) is 19.3 Å². The molecule has 0 fully saturated rings. The fourth-order valence-electron chi connectivity index (χ4n) is 4.62. The summed E-state index contributed by atoms with van der Waals surface area (Å²) in [5.41, 5.74) is 0. The Morgan fingerprint density at radius 2 is 0.516 bits per heavy atom. The van der Waals surface area contributed by atoms with Crippen LogP contribution in [-0.4, -0.2) is 13.6 Å². The van der Waals surface area contributed by atoms with Crippen molar-refractivity contribution in [1.29, 1.82) is 0 Å². The van der Waals surface area contributed by atoms with Gasteiger partial charge in [-0.05, 0) is 20.0 Å². The Hall–Kier alpha value is 0.250. The SMILES string of the molecule is CCCCCCCCCCCCCCCCCCCCCCCCCCCCNC.Cl. The second kappa shape index (κ2) is 32.4. The third-order valence-electron chi connectivity index (χ3n) is 6.78. The monoisotopic (exact) mass is 459 g/mol. The molecular formula is C29H62ClN. The fraction of sp³-hybridized carbons (Fsp3) is 1.00. The number of hydrogen-bond acceptors (Lipinski definition) is 1. The predicted octanol–water partition coefficient (Wildman–Crippen LogP) is 10.8. The second-order valence-corrected chi connectivity index (χ2v) is 9.94. The first-order valence-corrected chi connectivity index (χ1v) is 14.6. The van der Waals surface area contributed by atoms with E-state index in [1.54, 1.807) is 0 Å². The first-order valence-electron chi connectivity index (χ1n) is 14.6. The molecule has 0 spiro atoms. The van der Waals surface area contributed by atoms with Crippen molar-refractivity contribution in [3.8, 4) is 0 Å². The predicted molar refractivity (Wildman–Crippen MR) is 147 cm³/mol. The minimum absolute atomic E-state index is 0. The van der Waals surface area contributed by atoms with Gasteiger partial charge in [-0.2, -0.15) is 0 Å². The van der Waals surface area contributed by atoms with Crippen LogP contribution in [0, 0.1) is 0 Å². The van der Waals surface area contributed by atoms with Crippen LogP contribution >= 0.6 is 12.4 Å². The lowest BCUT2D eigenvalue weighted by Crippen LogP contribution is -2.06. The minimum Gasteiger partial charge on any atom is -0.320 e. The molecule has 0 rings (SSSR count). The third-order valence-corrected chi connectivity index (χ3v) is 6.78. The average Bonchev–Trinajstić information content (AvgIpc) is 2.76. The molecule has 0 aromatic carbocycles. The molecule has 0 aliphatic rings. The Balaban J connectivity index is 0. The summed E-state index contributed by atoms with van der Waals surface area (Å²) in [6.45, 7) is 3.50. The third kappa shape index (κ3) is 32.5. The zero-order valence-electron chi connectivity index (χ0n) is 22.0. The maximum atomic E-state index is 3.24. The van der Waals surface area contributed by atoms with Crippen LogP contribution < -0.4 is 5.32 Å². The summed E-state index contributed by atoms with van der Waals surface area (Å²) in [5.74, 6) is 0. The van der Waals surface area contributed by atoms with Crippen molar-refractivity contribution in [2.75, 3.05) is 13.6 Å². The highest BCUT2D eigenvalue weighted by Gasteiger charge is 1.96. The molecule has 2 heteroatoms. The van der Waals surface area contributed by atoms with Crippen molar-refractivity contribution in [1.82, 2.24) is 5.32 Å². The van der Waals surface area contributed by atoms with Gasteiger partial charge in [-0.3, -0.25) is 0 Å². The van der Waals surface area contributed by atoms with Crippen LogP contribution in [0.2, 0.25) is 0 Å². The van der Waals surface area contributed by atoms with Crippen LogP contribution in [0.15, 0.2) is 0 Å². The van der Waals surface area contributed by atoms with E-state index in [0.29, 0.717) is 0 Å². The van der Waals surface area contributed by atoms with Crippen molar-refractivity contribution in [3.63, 3.8) is 0 Å². The molecule has 0 amide bonds. The van der Waals surface area contributed by atoms with E-state index in [9.17, 15) is 0 Å². The molecule has 0 aliphatic carbocycles. The molecule has 0 aliphatic heterocycles. The molecule has 0 aromatic rings. The Morgan fingerprint density at radius 3 is 0.710 bits per heavy atom. The van der Waals surface area contributed by atoms with Gasteiger partial charge in [0.15, 0.2) is 0 Å². The summed E-state index contributed by atoms with van der Waals surface area (Å²) in [5, 5.41) is 3.24. The maximum Gasteiger partial charge on any atom is -0.00519 e. The highest BCUT2D eigenvalue weighted by Crippen LogP contribution is 2.15. The molecule has 0 heterocycles. The zero-order chi connectivity index (χ0) is 21.8. The molecule has 0 radical (unpaired) electrons.